The van der Waals surface area contributed by atoms with E-state index >= 15 is 0 Å². The predicted molar refractivity (Wildman–Crippen MR) is 102 cm³/mol. The summed E-state index contributed by atoms with van der Waals surface area (Å²) in [4.78, 5) is 6.73. The van der Waals surface area contributed by atoms with E-state index in [1.165, 1.54) is 32.4 Å². The van der Waals surface area contributed by atoms with Crippen molar-refractivity contribution in [2.24, 2.45) is 10.9 Å². The van der Waals surface area contributed by atoms with E-state index in [9.17, 15) is 4.39 Å². The van der Waals surface area contributed by atoms with Gasteiger partial charge in [0.1, 0.15) is 5.82 Å². The Morgan fingerprint density at radius 1 is 1.24 bits per heavy atom. The van der Waals surface area contributed by atoms with Crippen molar-refractivity contribution in [3.63, 3.8) is 0 Å². The van der Waals surface area contributed by atoms with Crippen molar-refractivity contribution in [1.82, 2.24) is 15.5 Å². The van der Waals surface area contributed by atoms with Crippen LogP contribution in [0.2, 0.25) is 0 Å². The molecule has 2 aliphatic rings. The molecule has 138 valence electrons. The fourth-order valence-corrected chi connectivity index (χ4v) is 3.80. The number of guanidine groups is 1. The third kappa shape index (κ3) is 4.72. The third-order valence-electron chi connectivity index (χ3n) is 5.80. The fraction of sp³-hybridized carbons (Fsp3) is 0.650. The fourth-order valence-electron chi connectivity index (χ4n) is 3.80. The Bertz CT molecular complexity index is 589. The monoisotopic (exact) mass is 346 g/mol. The van der Waals surface area contributed by atoms with Gasteiger partial charge in [-0.3, -0.25) is 4.99 Å². The summed E-state index contributed by atoms with van der Waals surface area (Å²) >= 11 is 0. The lowest BCUT2D eigenvalue weighted by atomic mass is 9.94. The quantitative estimate of drug-likeness (QED) is 0.615. The molecular weight excluding hydrogens is 315 g/mol. The van der Waals surface area contributed by atoms with Gasteiger partial charge in [0.2, 0.25) is 0 Å². The standard InChI is InChI=1S/C20H31FN4/c1-22-19(23-12-7-16-8-13-25(2)14-9-16)24-15-20(10-11-20)17-5-3-4-6-18(17)21/h3-6,16H,7-15H2,1-2H3,(H2,22,23,24). The Hall–Kier alpha value is -1.62. The van der Waals surface area contributed by atoms with Crippen LogP contribution in [0.25, 0.3) is 0 Å². The van der Waals surface area contributed by atoms with Crippen molar-refractivity contribution in [3.8, 4) is 0 Å². The summed E-state index contributed by atoms with van der Waals surface area (Å²) in [5.41, 5.74) is 0.779. The Labute approximate surface area is 150 Å². The highest BCUT2D eigenvalue weighted by Crippen LogP contribution is 2.48. The highest BCUT2D eigenvalue weighted by molar-refractivity contribution is 5.79. The van der Waals surface area contributed by atoms with Crippen LogP contribution in [0, 0.1) is 11.7 Å². The highest BCUT2D eigenvalue weighted by atomic mass is 19.1. The van der Waals surface area contributed by atoms with E-state index in [0.29, 0.717) is 0 Å². The minimum atomic E-state index is -0.0907. The number of benzene rings is 1. The summed E-state index contributed by atoms with van der Waals surface area (Å²) in [5, 5.41) is 6.83. The molecule has 4 nitrogen and oxygen atoms in total. The summed E-state index contributed by atoms with van der Waals surface area (Å²) in [7, 11) is 4.00. The Balaban J connectivity index is 1.43. The zero-order valence-corrected chi connectivity index (χ0v) is 15.5. The highest BCUT2D eigenvalue weighted by Gasteiger charge is 2.45. The molecule has 0 spiro atoms. The van der Waals surface area contributed by atoms with Gasteiger partial charge >= 0.3 is 0 Å². The molecule has 0 unspecified atom stereocenters. The largest absolute Gasteiger partial charge is 0.356 e. The Morgan fingerprint density at radius 2 is 1.96 bits per heavy atom. The molecule has 0 aromatic heterocycles. The molecule has 0 radical (unpaired) electrons. The minimum Gasteiger partial charge on any atom is -0.356 e. The Morgan fingerprint density at radius 3 is 2.60 bits per heavy atom. The SMILES string of the molecule is CN=C(NCCC1CCN(C)CC1)NCC1(c2ccccc2F)CC1. The average molecular weight is 346 g/mol. The smallest absolute Gasteiger partial charge is 0.191 e. The molecule has 5 heteroatoms. The molecule has 0 atom stereocenters. The summed E-state index contributed by atoms with van der Waals surface area (Å²) in [6, 6.07) is 7.16. The average Bonchev–Trinajstić information content (AvgIpc) is 3.41. The maximum atomic E-state index is 14.1. The van der Waals surface area contributed by atoms with Crippen molar-refractivity contribution in [2.45, 2.75) is 37.5 Å². The lowest BCUT2D eigenvalue weighted by Gasteiger charge is -2.29. The number of halogens is 1. The third-order valence-corrected chi connectivity index (χ3v) is 5.80. The van der Waals surface area contributed by atoms with E-state index in [-0.39, 0.29) is 11.2 Å². The van der Waals surface area contributed by atoms with Crippen LogP contribution in [0.4, 0.5) is 4.39 Å². The summed E-state index contributed by atoms with van der Waals surface area (Å²) in [6.45, 7) is 4.11. The molecule has 1 aromatic rings. The molecule has 1 saturated carbocycles. The zero-order chi connectivity index (χ0) is 17.7. The lowest BCUT2D eigenvalue weighted by Crippen LogP contribution is -2.42. The molecule has 0 bridgehead atoms. The minimum absolute atomic E-state index is 0.0586. The van der Waals surface area contributed by atoms with E-state index in [1.54, 1.807) is 19.2 Å². The molecule has 1 heterocycles. The number of piperidine rings is 1. The molecule has 25 heavy (non-hydrogen) atoms. The molecule has 2 fully saturated rings. The van der Waals surface area contributed by atoms with Crippen LogP contribution in [-0.4, -0.2) is 51.1 Å². The van der Waals surface area contributed by atoms with Gasteiger partial charge in [-0.15, -0.1) is 0 Å². The van der Waals surface area contributed by atoms with Crippen LogP contribution in [0.3, 0.4) is 0 Å². The van der Waals surface area contributed by atoms with Crippen molar-refractivity contribution in [3.05, 3.63) is 35.6 Å². The molecular formula is C20H31FN4. The van der Waals surface area contributed by atoms with Crippen molar-refractivity contribution in [2.75, 3.05) is 40.3 Å². The maximum Gasteiger partial charge on any atom is 0.191 e. The molecule has 3 rings (SSSR count). The lowest BCUT2D eigenvalue weighted by molar-refractivity contribution is 0.213. The molecule has 1 aliphatic carbocycles. The first-order chi connectivity index (χ1) is 12.1. The summed E-state index contributed by atoms with van der Waals surface area (Å²) in [6.07, 6.45) is 5.84. The van der Waals surface area contributed by atoms with E-state index < -0.39 is 0 Å². The van der Waals surface area contributed by atoms with Crippen LogP contribution >= 0.6 is 0 Å². The van der Waals surface area contributed by atoms with Gasteiger partial charge in [-0.05, 0) is 69.8 Å². The second-order valence-electron chi connectivity index (χ2n) is 7.65. The van der Waals surface area contributed by atoms with Crippen LogP contribution in [0.15, 0.2) is 29.3 Å². The van der Waals surface area contributed by atoms with E-state index in [1.807, 2.05) is 12.1 Å². The van der Waals surface area contributed by atoms with Crippen LogP contribution in [0.1, 0.15) is 37.7 Å². The van der Waals surface area contributed by atoms with Crippen LogP contribution in [0.5, 0.6) is 0 Å². The zero-order valence-electron chi connectivity index (χ0n) is 15.5. The van der Waals surface area contributed by atoms with Crippen LogP contribution in [-0.2, 0) is 5.41 Å². The number of rotatable bonds is 6. The van der Waals surface area contributed by atoms with Gasteiger partial charge in [-0.1, -0.05) is 18.2 Å². The number of hydrogen-bond donors (Lipinski definition) is 2. The van der Waals surface area contributed by atoms with Gasteiger partial charge in [0, 0.05) is 25.6 Å². The van der Waals surface area contributed by atoms with Gasteiger partial charge in [-0.25, -0.2) is 4.39 Å². The topological polar surface area (TPSA) is 39.7 Å². The first-order valence-corrected chi connectivity index (χ1v) is 9.51. The van der Waals surface area contributed by atoms with Crippen molar-refractivity contribution in [1.29, 1.82) is 0 Å². The van der Waals surface area contributed by atoms with Gasteiger partial charge < -0.3 is 15.5 Å². The van der Waals surface area contributed by atoms with Crippen LogP contribution < -0.4 is 10.6 Å². The van der Waals surface area contributed by atoms with E-state index in [2.05, 4.69) is 27.6 Å². The van der Waals surface area contributed by atoms with Gasteiger partial charge in [0.15, 0.2) is 5.96 Å². The maximum absolute atomic E-state index is 14.1. The summed E-state index contributed by atoms with van der Waals surface area (Å²) in [5.74, 6) is 1.55. The number of nitrogens with one attached hydrogen (secondary N) is 2. The van der Waals surface area contributed by atoms with Gasteiger partial charge in [0.05, 0.1) is 0 Å². The molecule has 1 saturated heterocycles. The second-order valence-corrected chi connectivity index (χ2v) is 7.65. The second kappa shape index (κ2) is 8.17. The Kier molecular flexibility index (Phi) is 5.94. The van der Waals surface area contributed by atoms with E-state index in [0.717, 1.165) is 43.4 Å². The first-order valence-electron chi connectivity index (χ1n) is 9.51. The molecule has 1 aliphatic heterocycles. The van der Waals surface area contributed by atoms with E-state index in [4.69, 9.17) is 0 Å². The molecule has 1 aromatic carbocycles. The normalized spacial score (nSPS) is 21.2. The number of likely N-dealkylation sites (tertiary alicyclic amines) is 1. The predicted octanol–water partition coefficient (Wildman–Crippen LogP) is 2.75. The molecule has 2 N–H and O–H groups in total. The number of aliphatic imine (C=N–C) groups is 1. The number of nitrogens with zero attached hydrogens (tertiary/aromatic N) is 2. The van der Waals surface area contributed by atoms with Crippen molar-refractivity contribution < 1.29 is 4.39 Å². The number of hydrogen-bond acceptors (Lipinski definition) is 2. The molecule has 0 amide bonds. The van der Waals surface area contributed by atoms with Gasteiger partial charge in [-0.2, -0.15) is 0 Å². The summed E-state index contributed by atoms with van der Waals surface area (Å²) < 4.78 is 14.1. The van der Waals surface area contributed by atoms with Gasteiger partial charge in [0.25, 0.3) is 0 Å². The van der Waals surface area contributed by atoms with Crippen molar-refractivity contribution >= 4 is 5.96 Å². The first kappa shape index (κ1) is 18.2.